The van der Waals surface area contributed by atoms with Crippen LogP contribution in [0.2, 0.25) is 0 Å². The van der Waals surface area contributed by atoms with Crippen molar-refractivity contribution in [1.82, 2.24) is 4.57 Å². The molecule has 1 saturated carbocycles. The molecular weight excluding hydrogens is 411 g/mol. The predicted molar refractivity (Wildman–Crippen MR) is 112 cm³/mol. The van der Waals surface area contributed by atoms with Crippen molar-refractivity contribution < 1.29 is 37.5 Å². The minimum Gasteiger partial charge on any atom is -0.347 e. The maximum atomic E-state index is 11.9. The molecule has 0 aliphatic heterocycles. The minimum absolute atomic E-state index is 0. The third-order valence-corrected chi connectivity index (χ3v) is 4.73. The predicted octanol–water partition coefficient (Wildman–Crippen LogP) is 5.61. The molecule has 145 valence electrons. The van der Waals surface area contributed by atoms with Gasteiger partial charge in [-0.25, -0.2) is 0 Å². The van der Waals surface area contributed by atoms with Crippen LogP contribution >= 0.6 is 0 Å². The molecule has 0 spiro atoms. The summed E-state index contributed by atoms with van der Waals surface area (Å²) in [6.45, 7) is 12.5. The van der Waals surface area contributed by atoms with Gasteiger partial charge in [-0.15, -0.1) is 0 Å². The molecule has 1 aromatic carbocycles. The van der Waals surface area contributed by atoms with Crippen molar-refractivity contribution in [3.8, 4) is 0 Å². The second kappa shape index (κ2) is 14.0. The molecule has 1 aliphatic rings. The summed E-state index contributed by atoms with van der Waals surface area (Å²) in [4.78, 5) is 23.8. The summed E-state index contributed by atoms with van der Waals surface area (Å²) in [5.74, 6) is 0.782. The zero-order valence-corrected chi connectivity index (χ0v) is 20.1. The normalized spacial score (nSPS) is 18.1. The Hall–Kier alpha value is -1.06. The SMILES string of the molecule is C=CC(=O)C1CCCC(Cn2ccc(=O)c3ccccc32)C1.CC.CC.[Y]. The van der Waals surface area contributed by atoms with Gasteiger partial charge in [-0.05, 0) is 43.4 Å². The molecule has 0 bridgehead atoms. The van der Waals surface area contributed by atoms with E-state index in [1.165, 1.54) is 6.08 Å². The first-order valence-corrected chi connectivity index (χ1v) is 9.93. The van der Waals surface area contributed by atoms with Gasteiger partial charge in [0.25, 0.3) is 0 Å². The maximum Gasteiger partial charge on any atom is 0.189 e. The molecule has 2 aromatic rings. The van der Waals surface area contributed by atoms with Crippen LogP contribution in [-0.2, 0) is 44.0 Å². The van der Waals surface area contributed by atoms with Crippen molar-refractivity contribution in [3.05, 3.63) is 59.4 Å². The van der Waals surface area contributed by atoms with Gasteiger partial charge in [0.1, 0.15) is 0 Å². The molecule has 2 unspecified atom stereocenters. The molecule has 2 atom stereocenters. The van der Waals surface area contributed by atoms with Gasteiger partial charge in [0.2, 0.25) is 0 Å². The first-order chi connectivity index (χ1) is 12.7. The Kier molecular flexibility index (Phi) is 13.5. The molecule has 1 heterocycles. The van der Waals surface area contributed by atoms with Gasteiger partial charge in [0.15, 0.2) is 11.2 Å². The summed E-state index contributed by atoms with van der Waals surface area (Å²) in [5.41, 5.74) is 1.04. The van der Waals surface area contributed by atoms with Crippen LogP contribution in [0, 0.1) is 11.8 Å². The molecule has 1 fully saturated rings. The van der Waals surface area contributed by atoms with Crippen molar-refractivity contribution in [2.75, 3.05) is 0 Å². The van der Waals surface area contributed by atoms with Crippen molar-refractivity contribution in [3.63, 3.8) is 0 Å². The zero-order chi connectivity index (χ0) is 19.5. The van der Waals surface area contributed by atoms with Gasteiger partial charge >= 0.3 is 0 Å². The van der Waals surface area contributed by atoms with Crippen LogP contribution in [0.5, 0.6) is 0 Å². The largest absolute Gasteiger partial charge is 0.347 e. The number of ketones is 1. The van der Waals surface area contributed by atoms with E-state index >= 15 is 0 Å². The second-order valence-electron chi connectivity index (χ2n) is 6.19. The molecule has 1 aromatic heterocycles. The zero-order valence-electron chi connectivity index (χ0n) is 17.3. The number of para-hydroxylation sites is 1. The molecular formula is C23H33NO2Y. The first-order valence-electron chi connectivity index (χ1n) is 9.93. The fraction of sp³-hybridized carbons (Fsp3) is 0.478. The van der Waals surface area contributed by atoms with E-state index in [1.54, 1.807) is 6.07 Å². The van der Waals surface area contributed by atoms with E-state index < -0.39 is 0 Å². The Bertz CT molecular complexity index is 766. The number of fused-ring (bicyclic) bond motifs is 1. The molecule has 0 N–H and O–H groups in total. The quantitative estimate of drug-likeness (QED) is 0.575. The maximum absolute atomic E-state index is 11.9. The van der Waals surface area contributed by atoms with Crippen molar-refractivity contribution in [1.29, 1.82) is 0 Å². The summed E-state index contributed by atoms with van der Waals surface area (Å²) >= 11 is 0. The standard InChI is InChI=1S/C19H21NO2.2C2H6.Y/c1-2-18(21)15-7-5-6-14(12-15)13-20-11-10-19(22)16-8-3-4-9-17(16)20;2*1-2;/h2-4,8-11,14-15H,1,5-7,12-13H2;2*1-2H3;. The van der Waals surface area contributed by atoms with Gasteiger partial charge in [-0.3, -0.25) is 9.59 Å². The fourth-order valence-electron chi connectivity index (χ4n) is 3.58. The summed E-state index contributed by atoms with van der Waals surface area (Å²) < 4.78 is 2.15. The van der Waals surface area contributed by atoms with E-state index in [2.05, 4.69) is 11.1 Å². The molecule has 0 saturated heterocycles. The van der Waals surface area contributed by atoms with Crippen LogP contribution in [0.25, 0.3) is 10.9 Å². The van der Waals surface area contributed by atoms with E-state index in [0.717, 1.165) is 43.1 Å². The van der Waals surface area contributed by atoms with Crippen molar-refractivity contribution in [2.24, 2.45) is 11.8 Å². The average molecular weight is 444 g/mol. The first kappa shape index (κ1) is 25.9. The number of rotatable bonds is 4. The molecule has 1 radical (unpaired) electrons. The minimum atomic E-state index is 0. The van der Waals surface area contributed by atoms with Gasteiger partial charge in [0, 0.05) is 62.8 Å². The number of benzene rings is 1. The Balaban J connectivity index is 0.00000127. The van der Waals surface area contributed by atoms with Crippen LogP contribution in [0.1, 0.15) is 53.4 Å². The molecule has 4 heteroatoms. The number of allylic oxidation sites excluding steroid dienone is 1. The number of hydrogen-bond acceptors (Lipinski definition) is 2. The summed E-state index contributed by atoms with van der Waals surface area (Å²) in [6.07, 6.45) is 7.47. The van der Waals surface area contributed by atoms with E-state index in [-0.39, 0.29) is 49.8 Å². The van der Waals surface area contributed by atoms with Crippen LogP contribution < -0.4 is 5.43 Å². The Morgan fingerprint density at radius 3 is 2.48 bits per heavy atom. The van der Waals surface area contributed by atoms with Crippen molar-refractivity contribution >= 4 is 16.7 Å². The van der Waals surface area contributed by atoms with Crippen LogP contribution in [-0.4, -0.2) is 10.4 Å². The summed E-state index contributed by atoms with van der Waals surface area (Å²) in [7, 11) is 0. The topological polar surface area (TPSA) is 39.1 Å². The van der Waals surface area contributed by atoms with Gasteiger partial charge in [-0.1, -0.05) is 52.8 Å². The third kappa shape index (κ3) is 7.12. The van der Waals surface area contributed by atoms with E-state index in [9.17, 15) is 9.59 Å². The third-order valence-electron chi connectivity index (χ3n) is 4.73. The van der Waals surface area contributed by atoms with Crippen molar-refractivity contribution in [2.45, 2.75) is 59.9 Å². The molecule has 3 nitrogen and oxygen atoms in total. The van der Waals surface area contributed by atoms with E-state index in [1.807, 2.05) is 58.2 Å². The number of carbonyl (C=O) groups excluding carboxylic acids is 1. The van der Waals surface area contributed by atoms with E-state index in [4.69, 9.17) is 0 Å². The number of aromatic nitrogens is 1. The van der Waals surface area contributed by atoms with Gasteiger partial charge in [-0.2, -0.15) is 0 Å². The van der Waals surface area contributed by atoms with Gasteiger partial charge < -0.3 is 4.57 Å². The van der Waals surface area contributed by atoms with E-state index in [0.29, 0.717) is 5.92 Å². The Morgan fingerprint density at radius 2 is 1.81 bits per heavy atom. The second-order valence-corrected chi connectivity index (χ2v) is 6.19. The Morgan fingerprint density at radius 1 is 1.15 bits per heavy atom. The number of pyridine rings is 1. The molecule has 3 rings (SSSR count). The molecule has 0 amide bonds. The van der Waals surface area contributed by atoms with Crippen LogP contribution in [0.15, 0.2) is 54.0 Å². The average Bonchev–Trinajstić information content (AvgIpc) is 2.73. The number of hydrogen-bond donors (Lipinski definition) is 0. The molecule has 27 heavy (non-hydrogen) atoms. The summed E-state index contributed by atoms with van der Waals surface area (Å²) in [6, 6.07) is 9.36. The Labute approximate surface area is 189 Å². The molecule has 1 aliphatic carbocycles. The van der Waals surface area contributed by atoms with Crippen LogP contribution in [0.4, 0.5) is 0 Å². The van der Waals surface area contributed by atoms with Crippen LogP contribution in [0.3, 0.4) is 0 Å². The summed E-state index contributed by atoms with van der Waals surface area (Å²) in [5, 5.41) is 0.763. The van der Waals surface area contributed by atoms with Gasteiger partial charge in [0.05, 0.1) is 5.52 Å². The number of nitrogens with zero attached hydrogens (tertiary/aromatic N) is 1. The number of carbonyl (C=O) groups is 1. The smallest absolute Gasteiger partial charge is 0.189 e. The monoisotopic (exact) mass is 444 g/mol. The fourth-order valence-corrected chi connectivity index (χ4v) is 3.58.